The summed E-state index contributed by atoms with van der Waals surface area (Å²) in [5.74, 6) is -1.85. The Morgan fingerprint density at radius 2 is 1.80 bits per heavy atom. The van der Waals surface area contributed by atoms with Gasteiger partial charge >= 0.3 is 5.69 Å². The molecule has 2 bridgehead atoms. The van der Waals surface area contributed by atoms with Crippen molar-refractivity contribution in [3.8, 4) is 0 Å². The van der Waals surface area contributed by atoms with E-state index >= 15 is 0 Å². The highest BCUT2D eigenvalue weighted by Crippen LogP contribution is 2.45. The quantitative estimate of drug-likeness (QED) is 0.503. The summed E-state index contributed by atoms with van der Waals surface area (Å²) < 4.78 is 45.1. The van der Waals surface area contributed by atoms with Crippen molar-refractivity contribution in [2.45, 2.75) is 51.2 Å². The maximum absolute atomic E-state index is 13.7. The summed E-state index contributed by atoms with van der Waals surface area (Å²) in [6.07, 6.45) is 4.86. The van der Waals surface area contributed by atoms with Crippen molar-refractivity contribution >= 4 is 16.8 Å². The first-order chi connectivity index (χ1) is 16.6. The van der Waals surface area contributed by atoms with Gasteiger partial charge in [-0.15, -0.1) is 0 Å². The van der Waals surface area contributed by atoms with Crippen molar-refractivity contribution in [1.82, 2.24) is 15.3 Å². The zero-order chi connectivity index (χ0) is 25.2. The Hall–Kier alpha value is -3.40. The molecule has 2 aromatic carbocycles. The van der Waals surface area contributed by atoms with Gasteiger partial charge in [0.15, 0.2) is 0 Å². The SMILES string of the molecule is C[C@H](NC(=O)CC12CCC(CC1)OC2)c1ccc(F)cc1F.O=c1[nH]c(=O)c2cc(F)ccc2[nH]1.[HH].[HH]. The molecule has 35 heavy (non-hydrogen) atoms. The van der Waals surface area contributed by atoms with Crippen LogP contribution in [0.1, 0.15) is 53.5 Å². The Kier molecular flexibility index (Phi) is 7.11. The average molecular weight is 494 g/mol. The lowest BCUT2D eigenvalue weighted by Crippen LogP contribution is -2.45. The van der Waals surface area contributed by atoms with Crippen LogP contribution in [0.3, 0.4) is 0 Å². The van der Waals surface area contributed by atoms with E-state index in [1.807, 2.05) is 4.98 Å². The number of nitrogens with one attached hydrogen (secondary N) is 3. The Morgan fingerprint density at radius 3 is 2.46 bits per heavy atom. The second kappa shape index (κ2) is 10.1. The molecule has 2 aliphatic heterocycles. The van der Waals surface area contributed by atoms with Crippen LogP contribution in [-0.4, -0.2) is 28.6 Å². The highest BCUT2D eigenvalue weighted by Gasteiger charge is 2.42. The third kappa shape index (κ3) is 5.82. The molecule has 1 amide bonds. The van der Waals surface area contributed by atoms with Gasteiger partial charge in [0.05, 0.1) is 29.7 Å². The number of benzene rings is 2. The molecule has 190 valence electrons. The fourth-order valence-corrected chi connectivity index (χ4v) is 4.74. The molecule has 0 spiro atoms. The first kappa shape index (κ1) is 24.7. The number of ether oxygens (including phenoxy) is 1. The molecule has 2 saturated heterocycles. The van der Waals surface area contributed by atoms with Gasteiger partial charge in [0, 0.05) is 26.3 Å². The second-order valence-electron chi connectivity index (χ2n) is 9.24. The predicted octanol–water partition coefficient (Wildman–Crippen LogP) is 4.34. The van der Waals surface area contributed by atoms with Gasteiger partial charge in [0.1, 0.15) is 17.5 Å². The van der Waals surface area contributed by atoms with Gasteiger partial charge in [-0.3, -0.25) is 14.6 Å². The Morgan fingerprint density at radius 1 is 1.11 bits per heavy atom. The number of hydrogen-bond donors (Lipinski definition) is 3. The third-order valence-electron chi connectivity index (χ3n) is 6.66. The number of rotatable bonds is 4. The fourth-order valence-electron chi connectivity index (χ4n) is 4.74. The summed E-state index contributed by atoms with van der Waals surface area (Å²) in [4.78, 5) is 38.6. The van der Waals surface area contributed by atoms with Crippen molar-refractivity contribution in [3.05, 3.63) is 80.3 Å². The third-order valence-corrected chi connectivity index (χ3v) is 6.66. The number of fused-ring (bicyclic) bond motifs is 4. The largest absolute Gasteiger partial charge is 0.378 e. The van der Waals surface area contributed by atoms with Crippen molar-refractivity contribution in [1.29, 1.82) is 0 Å². The molecular formula is C25H30F3N3O4. The van der Waals surface area contributed by atoms with Gasteiger partial charge in [0.2, 0.25) is 5.91 Å². The topological polar surface area (TPSA) is 104 Å². The Bertz CT molecular complexity index is 1340. The summed E-state index contributed by atoms with van der Waals surface area (Å²) in [5.41, 5.74) is -0.603. The molecular weight excluding hydrogens is 463 g/mol. The molecule has 6 rings (SSSR count). The number of amides is 1. The smallest absolute Gasteiger partial charge is 0.326 e. The van der Waals surface area contributed by atoms with Crippen LogP contribution in [0.25, 0.3) is 10.9 Å². The number of H-pyrrole nitrogens is 2. The molecule has 7 nitrogen and oxygen atoms in total. The highest BCUT2D eigenvalue weighted by atomic mass is 19.1. The van der Waals surface area contributed by atoms with E-state index in [9.17, 15) is 27.6 Å². The summed E-state index contributed by atoms with van der Waals surface area (Å²) in [5, 5.41) is 2.96. The van der Waals surface area contributed by atoms with Crippen molar-refractivity contribution in [2.24, 2.45) is 5.41 Å². The number of aromatic amines is 2. The Balaban J connectivity index is 0.000000277. The molecule has 1 atom stereocenters. The monoisotopic (exact) mass is 493 g/mol. The molecule has 3 N–H and O–H groups in total. The molecule has 0 radical (unpaired) electrons. The maximum Gasteiger partial charge on any atom is 0.326 e. The van der Waals surface area contributed by atoms with Crippen LogP contribution in [0.2, 0.25) is 0 Å². The molecule has 3 fully saturated rings. The normalized spacial score (nSPS) is 21.8. The van der Waals surface area contributed by atoms with Crippen LogP contribution in [0.15, 0.2) is 46.0 Å². The zero-order valence-corrected chi connectivity index (χ0v) is 19.1. The number of hydrogen-bond acceptors (Lipinski definition) is 4. The first-order valence-corrected chi connectivity index (χ1v) is 11.4. The first-order valence-electron chi connectivity index (χ1n) is 11.4. The van der Waals surface area contributed by atoms with Gasteiger partial charge in [-0.2, -0.15) is 0 Å². The van der Waals surface area contributed by atoms with E-state index in [1.54, 1.807) is 6.92 Å². The minimum Gasteiger partial charge on any atom is -0.378 e. The summed E-state index contributed by atoms with van der Waals surface area (Å²) in [6, 6.07) is 6.54. The molecule has 1 aromatic heterocycles. The summed E-state index contributed by atoms with van der Waals surface area (Å²) in [6.45, 7) is 2.35. The van der Waals surface area contributed by atoms with Gasteiger partial charge in [-0.25, -0.2) is 18.0 Å². The number of carbonyl (C=O) groups excluding carboxylic acids is 1. The fraction of sp³-hybridized carbons (Fsp3) is 0.400. The number of halogens is 3. The summed E-state index contributed by atoms with van der Waals surface area (Å²) in [7, 11) is 0. The molecule has 1 aliphatic carbocycles. The highest BCUT2D eigenvalue weighted by molar-refractivity contribution is 5.77. The lowest BCUT2D eigenvalue weighted by atomic mass is 9.69. The Labute approximate surface area is 201 Å². The second-order valence-corrected chi connectivity index (χ2v) is 9.24. The lowest BCUT2D eigenvalue weighted by molar-refractivity contribution is -0.140. The van der Waals surface area contributed by atoms with Gasteiger partial charge in [0.25, 0.3) is 5.56 Å². The van der Waals surface area contributed by atoms with Gasteiger partial charge in [-0.1, -0.05) is 6.07 Å². The van der Waals surface area contributed by atoms with Crippen molar-refractivity contribution in [3.63, 3.8) is 0 Å². The van der Waals surface area contributed by atoms with Crippen molar-refractivity contribution < 1.29 is 25.6 Å². The molecule has 1 saturated carbocycles. The standard InChI is InChI=1S/C17H21F2NO2.C8H5FN2O2.2H2/c1-11(14-3-2-12(18)8-15(14)19)20-16(21)9-17-6-4-13(5-7-17)22-10-17;9-4-1-2-6-5(3-4)7(12)11-8(13)10-6;;/h2-3,8,11,13H,4-7,9-10H2,1H3,(H,20,21);1-3H,(H2,10,11,12,13);2*1H/t11-,13?,17?;;;/m0.../s1. The molecule has 10 heteroatoms. The molecule has 3 aromatic rings. The van der Waals surface area contributed by atoms with Gasteiger partial charge < -0.3 is 15.0 Å². The number of aromatic nitrogens is 2. The average Bonchev–Trinajstić information content (AvgIpc) is 2.80. The van der Waals surface area contributed by atoms with Crippen LogP contribution in [0, 0.1) is 22.9 Å². The van der Waals surface area contributed by atoms with Crippen LogP contribution in [-0.2, 0) is 9.53 Å². The van der Waals surface area contributed by atoms with E-state index in [4.69, 9.17) is 4.74 Å². The van der Waals surface area contributed by atoms with Crippen LogP contribution in [0.4, 0.5) is 13.2 Å². The predicted molar refractivity (Wildman–Crippen MR) is 128 cm³/mol. The van der Waals surface area contributed by atoms with Crippen molar-refractivity contribution in [2.75, 3.05) is 6.61 Å². The van der Waals surface area contributed by atoms with E-state index in [1.165, 1.54) is 24.3 Å². The maximum atomic E-state index is 13.7. The van der Waals surface area contributed by atoms with Crippen LogP contribution >= 0.6 is 0 Å². The minimum absolute atomic E-state index is 0. The number of carbonyl (C=O) groups is 1. The minimum atomic E-state index is -0.632. The van der Waals surface area contributed by atoms with E-state index in [0.29, 0.717) is 30.2 Å². The van der Waals surface area contributed by atoms with Crippen LogP contribution in [0.5, 0.6) is 0 Å². The lowest BCUT2D eigenvalue weighted by Gasteiger charge is -2.46. The van der Waals surface area contributed by atoms with Crippen LogP contribution < -0.4 is 16.6 Å². The molecule has 3 aliphatic rings. The van der Waals surface area contributed by atoms with E-state index < -0.39 is 34.7 Å². The van der Waals surface area contributed by atoms with E-state index in [2.05, 4.69) is 10.3 Å². The van der Waals surface area contributed by atoms with E-state index in [-0.39, 0.29) is 19.6 Å². The molecule has 0 unspecified atom stereocenters. The van der Waals surface area contributed by atoms with E-state index in [0.717, 1.165) is 37.8 Å². The zero-order valence-electron chi connectivity index (χ0n) is 19.1. The van der Waals surface area contributed by atoms with Gasteiger partial charge in [-0.05, 0) is 56.9 Å². The summed E-state index contributed by atoms with van der Waals surface area (Å²) >= 11 is 0. The molecule has 3 heterocycles.